The van der Waals surface area contributed by atoms with Crippen molar-refractivity contribution >= 4 is 34.1 Å². The molecule has 0 fully saturated rings. The second kappa shape index (κ2) is 15.2. The van der Waals surface area contributed by atoms with E-state index in [4.69, 9.17) is 0 Å². The maximum absolute atomic E-state index is 2.45. The summed E-state index contributed by atoms with van der Waals surface area (Å²) in [6, 6.07) is 53.9. The Kier molecular flexibility index (Phi) is 10.4. The van der Waals surface area contributed by atoms with Gasteiger partial charge in [-0.1, -0.05) is 133 Å². The molecule has 6 rings (SSSR count). The first-order chi connectivity index (χ1) is 23.4. The third-order valence-electron chi connectivity index (χ3n) is 9.37. The Morgan fingerprint density at radius 1 is 0.396 bits per heavy atom. The Balaban J connectivity index is 1.56. The van der Waals surface area contributed by atoms with Gasteiger partial charge in [-0.3, -0.25) is 0 Å². The molecule has 0 amide bonds. The van der Waals surface area contributed by atoms with E-state index in [0.29, 0.717) is 0 Å². The van der Waals surface area contributed by atoms with Gasteiger partial charge in [-0.25, -0.2) is 0 Å². The zero-order valence-corrected chi connectivity index (χ0v) is 29.2. The van der Waals surface area contributed by atoms with E-state index in [-0.39, 0.29) is 5.92 Å². The van der Waals surface area contributed by atoms with Crippen molar-refractivity contribution in [2.75, 3.05) is 9.80 Å². The van der Waals surface area contributed by atoms with E-state index in [1.54, 1.807) is 0 Å². The molecule has 0 bridgehead atoms. The highest BCUT2D eigenvalue weighted by atomic mass is 15.2. The van der Waals surface area contributed by atoms with Crippen LogP contribution in [0.15, 0.2) is 146 Å². The zero-order valence-electron chi connectivity index (χ0n) is 29.2. The molecule has 0 radical (unpaired) electrons. The van der Waals surface area contributed by atoms with Gasteiger partial charge in [-0.05, 0) is 106 Å². The SMILES string of the molecule is CCCCCC(c1ccccc1N(c1ccc(C)cc1)c1ccc(C)cc1)c1ccccc1N(c1ccc(C)cc1)c1ccc(C)cc1. The third kappa shape index (κ3) is 7.39. The van der Waals surface area contributed by atoms with Gasteiger partial charge in [-0.2, -0.15) is 0 Å². The summed E-state index contributed by atoms with van der Waals surface area (Å²) in [5, 5.41) is 0. The van der Waals surface area contributed by atoms with Crippen LogP contribution in [0.3, 0.4) is 0 Å². The van der Waals surface area contributed by atoms with Crippen molar-refractivity contribution in [3.05, 3.63) is 179 Å². The topological polar surface area (TPSA) is 6.48 Å². The number of para-hydroxylation sites is 2. The van der Waals surface area contributed by atoms with Crippen LogP contribution in [0.1, 0.15) is 71.9 Å². The summed E-state index contributed by atoms with van der Waals surface area (Å²) in [6.07, 6.45) is 4.62. The molecule has 0 heterocycles. The van der Waals surface area contributed by atoms with Crippen LogP contribution in [0, 0.1) is 27.7 Å². The fourth-order valence-electron chi connectivity index (χ4n) is 6.68. The number of anilines is 6. The normalized spacial score (nSPS) is 11.1. The summed E-state index contributed by atoms with van der Waals surface area (Å²) >= 11 is 0. The molecule has 48 heavy (non-hydrogen) atoms. The van der Waals surface area contributed by atoms with E-state index in [0.717, 1.165) is 12.8 Å². The maximum Gasteiger partial charge on any atom is 0.0499 e. The molecule has 242 valence electrons. The first-order valence-corrected chi connectivity index (χ1v) is 17.5. The molecule has 0 aliphatic carbocycles. The Hall–Kier alpha value is -5.08. The average molecular weight is 629 g/mol. The second-order valence-corrected chi connectivity index (χ2v) is 13.2. The smallest absolute Gasteiger partial charge is 0.0499 e. The number of hydrogen-bond acceptors (Lipinski definition) is 2. The van der Waals surface area contributed by atoms with Crippen molar-refractivity contribution in [2.24, 2.45) is 0 Å². The third-order valence-corrected chi connectivity index (χ3v) is 9.37. The number of benzene rings is 6. The molecule has 0 aromatic heterocycles. The lowest BCUT2D eigenvalue weighted by Gasteiger charge is -2.33. The molecule has 0 unspecified atom stereocenters. The molecule has 6 aromatic rings. The fraction of sp³-hybridized carbons (Fsp3) is 0.217. The summed E-state index contributed by atoms with van der Waals surface area (Å²) < 4.78 is 0. The second-order valence-electron chi connectivity index (χ2n) is 13.2. The van der Waals surface area contributed by atoms with Gasteiger partial charge in [-0.15, -0.1) is 0 Å². The standard InChI is InChI=1S/C46H48N2/c1-6-7-8-13-42(43-14-9-11-16-45(43)47(38-26-18-34(2)19-27-38)39-28-20-35(3)21-29-39)44-15-10-12-17-46(44)48(40-30-22-36(4)23-31-40)41-32-24-37(5)25-33-41/h9-12,14-33,42H,6-8,13H2,1-5H3. The highest BCUT2D eigenvalue weighted by Crippen LogP contribution is 2.47. The molecule has 2 heteroatoms. The van der Waals surface area contributed by atoms with Crippen LogP contribution in [0.25, 0.3) is 0 Å². The largest absolute Gasteiger partial charge is 0.310 e. The van der Waals surface area contributed by atoms with Crippen molar-refractivity contribution in [3.63, 3.8) is 0 Å². The predicted octanol–water partition coefficient (Wildman–Crippen LogP) is 13.6. The number of nitrogens with zero attached hydrogens (tertiary/aromatic N) is 2. The Morgan fingerprint density at radius 3 is 1.02 bits per heavy atom. The molecule has 0 spiro atoms. The molecule has 6 aromatic carbocycles. The molecule has 0 N–H and O–H groups in total. The van der Waals surface area contributed by atoms with E-state index >= 15 is 0 Å². The predicted molar refractivity (Wildman–Crippen MR) is 207 cm³/mol. The van der Waals surface area contributed by atoms with Crippen molar-refractivity contribution < 1.29 is 0 Å². The minimum Gasteiger partial charge on any atom is -0.310 e. The number of hydrogen-bond donors (Lipinski definition) is 0. The molecule has 0 aliphatic rings. The van der Waals surface area contributed by atoms with Gasteiger partial charge in [0.05, 0.1) is 0 Å². The highest BCUT2D eigenvalue weighted by molar-refractivity contribution is 5.82. The van der Waals surface area contributed by atoms with E-state index in [1.165, 1.54) is 80.3 Å². The van der Waals surface area contributed by atoms with Gasteiger partial charge >= 0.3 is 0 Å². The summed E-state index contributed by atoms with van der Waals surface area (Å²) in [6.45, 7) is 10.9. The molecule has 0 saturated heterocycles. The van der Waals surface area contributed by atoms with Gasteiger partial charge in [0.15, 0.2) is 0 Å². The highest BCUT2D eigenvalue weighted by Gasteiger charge is 2.26. The molecule has 0 saturated carbocycles. The average Bonchev–Trinajstić information content (AvgIpc) is 3.11. The lowest BCUT2D eigenvalue weighted by molar-refractivity contribution is 0.619. The monoisotopic (exact) mass is 628 g/mol. The summed E-state index contributed by atoms with van der Waals surface area (Å²) in [5.41, 5.74) is 14.8. The fourth-order valence-corrected chi connectivity index (χ4v) is 6.68. The minimum absolute atomic E-state index is 0.181. The minimum atomic E-state index is 0.181. The van der Waals surface area contributed by atoms with Crippen LogP contribution in [0.2, 0.25) is 0 Å². The van der Waals surface area contributed by atoms with Crippen molar-refractivity contribution in [1.29, 1.82) is 0 Å². The Morgan fingerprint density at radius 2 is 0.708 bits per heavy atom. The summed E-state index contributed by atoms with van der Waals surface area (Å²) in [7, 11) is 0. The summed E-state index contributed by atoms with van der Waals surface area (Å²) in [4.78, 5) is 4.89. The van der Waals surface area contributed by atoms with Gasteiger partial charge in [0.25, 0.3) is 0 Å². The first kappa shape index (κ1) is 32.8. The number of unbranched alkanes of at least 4 members (excludes halogenated alkanes) is 2. The van der Waals surface area contributed by atoms with Crippen LogP contribution in [0.4, 0.5) is 34.1 Å². The Bertz CT molecular complexity index is 1670. The lowest BCUT2D eigenvalue weighted by Crippen LogP contribution is -2.17. The van der Waals surface area contributed by atoms with Crippen LogP contribution in [-0.2, 0) is 0 Å². The van der Waals surface area contributed by atoms with Crippen molar-refractivity contribution in [3.8, 4) is 0 Å². The van der Waals surface area contributed by atoms with E-state index in [1.807, 2.05) is 0 Å². The molecule has 2 nitrogen and oxygen atoms in total. The van der Waals surface area contributed by atoms with Crippen LogP contribution in [0.5, 0.6) is 0 Å². The maximum atomic E-state index is 2.45. The molecular formula is C46H48N2. The van der Waals surface area contributed by atoms with Crippen LogP contribution < -0.4 is 9.80 Å². The van der Waals surface area contributed by atoms with Gasteiger partial charge < -0.3 is 9.80 Å². The number of aryl methyl sites for hydroxylation is 4. The van der Waals surface area contributed by atoms with Crippen molar-refractivity contribution in [2.45, 2.75) is 66.2 Å². The van der Waals surface area contributed by atoms with E-state index in [2.05, 4.69) is 190 Å². The van der Waals surface area contributed by atoms with Crippen LogP contribution >= 0.6 is 0 Å². The molecular weight excluding hydrogens is 581 g/mol. The van der Waals surface area contributed by atoms with Crippen molar-refractivity contribution in [1.82, 2.24) is 0 Å². The van der Waals surface area contributed by atoms with Gasteiger partial charge in [0.1, 0.15) is 0 Å². The molecule has 0 atom stereocenters. The summed E-state index contributed by atoms with van der Waals surface area (Å²) in [5.74, 6) is 0.181. The van der Waals surface area contributed by atoms with Crippen LogP contribution in [-0.4, -0.2) is 0 Å². The first-order valence-electron chi connectivity index (χ1n) is 17.5. The van der Waals surface area contributed by atoms with Gasteiger partial charge in [0.2, 0.25) is 0 Å². The van der Waals surface area contributed by atoms with E-state index < -0.39 is 0 Å². The Labute approximate surface area is 288 Å². The van der Waals surface area contributed by atoms with E-state index in [9.17, 15) is 0 Å². The lowest BCUT2D eigenvalue weighted by atomic mass is 9.84. The molecule has 0 aliphatic heterocycles. The zero-order chi connectivity index (χ0) is 33.5. The number of rotatable bonds is 12. The van der Waals surface area contributed by atoms with Gasteiger partial charge in [0, 0.05) is 40.0 Å². The quantitative estimate of drug-likeness (QED) is 0.124.